The number of rotatable bonds is 6. The Bertz CT molecular complexity index is 713. The number of likely N-dealkylation sites (tertiary alicyclic amines) is 1. The molecule has 1 fully saturated rings. The van der Waals surface area contributed by atoms with E-state index in [1.54, 1.807) is 13.4 Å². The summed E-state index contributed by atoms with van der Waals surface area (Å²) in [6.45, 7) is 3.15. The summed E-state index contributed by atoms with van der Waals surface area (Å²) in [6, 6.07) is 7.56. The molecule has 7 nitrogen and oxygen atoms in total. The van der Waals surface area contributed by atoms with E-state index >= 15 is 0 Å². The van der Waals surface area contributed by atoms with Crippen molar-refractivity contribution < 1.29 is 14.3 Å². The van der Waals surface area contributed by atoms with Crippen LogP contribution < -0.4 is 4.74 Å². The van der Waals surface area contributed by atoms with Gasteiger partial charge in [0.1, 0.15) is 12.1 Å². The Labute approximate surface area is 147 Å². The first-order valence-electron chi connectivity index (χ1n) is 8.50. The molecule has 0 radical (unpaired) electrons. The molecular weight excluding hydrogens is 320 g/mol. The van der Waals surface area contributed by atoms with Crippen LogP contribution in [0.3, 0.4) is 0 Å². The standard InChI is InChI=1S/C18H24N4O3/c1-4-25-14-7-5-13(6-8-14)9-17(23)22-11-15(24-3)10-16(22)18-20-19-12-21(18)2/h5-8,12,15-16H,4,9-11H2,1-3H3/t15-,16+/m1/s1. The largest absolute Gasteiger partial charge is 0.494 e. The van der Waals surface area contributed by atoms with Gasteiger partial charge in [-0.15, -0.1) is 10.2 Å². The number of nitrogens with zero attached hydrogens (tertiary/aromatic N) is 4. The number of benzene rings is 1. The lowest BCUT2D eigenvalue weighted by molar-refractivity contribution is -0.131. The lowest BCUT2D eigenvalue weighted by Crippen LogP contribution is -2.34. The Kier molecular flexibility index (Phi) is 5.33. The quantitative estimate of drug-likeness (QED) is 0.798. The van der Waals surface area contributed by atoms with E-state index < -0.39 is 0 Å². The summed E-state index contributed by atoms with van der Waals surface area (Å²) in [4.78, 5) is 14.7. The predicted octanol–water partition coefficient (Wildman–Crippen LogP) is 1.74. The molecule has 1 aromatic heterocycles. The summed E-state index contributed by atoms with van der Waals surface area (Å²) in [7, 11) is 3.57. The van der Waals surface area contributed by atoms with Crippen LogP contribution in [0.1, 0.15) is 30.8 Å². The molecule has 0 bridgehead atoms. The first kappa shape index (κ1) is 17.4. The highest BCUT2D eigenvalue weighted by Gasteiger charge is 2.38. The number of carbonyl (C=O) groups is 1. The van der Waals surface area contributed by atoms with Crippen LogP contribution >= 0.6 is 0 Å². The molecule has 0 unspecified atom stereocenters. The van der Waals surface area contributed by atoms with Gasteiger partial charge in [-0.3, -0.25) is 4.79 Å². The van der Waals surface area contributed by atoms with E-state index in [0.29, 0.717) is 19.6 Å². The summed E-state index contributed by atoms with van der Waals surface area (Å²) >= 11 is 0. The number of hydrogen-bond acceptors (Lipinski definition) is 5. The summed E-state index contributed by atoms with van der Waals surface area (Å²) in [5.74, 6) is 1.67. The van der Waals surface area contributed by atoms with Gasteiger partial charge in [0.15, 0.2) is 5.82 Å². The molecule has 25 heavy (non-hydrogen) atoms. The van der Waals surface area contributed by atoms with Crippen LogP contribution in [0.2, 0.25) is 0 Å². The van der Waals surface area contributed by atoms with Crippen molar-refractivity contribution in [3.8, 4) is 5.75 Å². The molecule has 3 rings (SSSR count). The van der Waals surface area contributed by atoms with Crippen molar-refractivity contribution >= 4 is 5.91 Å². The van der Waals surface area contributed by atoms with Gasteiger partial charge in [-0.1, -0.05) is 12.1 Å². The summed E-state index contributed by atoms with van der Waals surface area (Å²) in [6.07, 6.45) is 2.76. The topological polar surface area (TPSA) is 69.5 Å². The van der Waals surface area contributed by atoms with Crippen LogP contribution in [0.15, 0.2) is 30.6 Å². The number of amides is 1. The molecule has 134 valence electrons. The minimum atomic E-state index is -0.104. The lowest BCUT2D eigenvalue weighted by atomic mass is 10.1. The van der Waals surface area contributed by atoms with Gasteiger partial charge in [0, 0.05) is 27.1 Å². The number of carbonyl (C=O) groups excluding carboxylic acids is 1. The monoisotopic (exact) mass is 344 g/mol. The smallest absolute Gasteiger partial charge is 0.227 e. The highest BCUT2D eigenvalue weighted by Crippen LogP contribution is 2.32. The number of aromatic nitrogens is 3. The Morgan fingerprint density at radius 3 is 2.68 bits per heavy atom. The summed E-state index contributed by atoms with van der Waals surface area (Å²) in [5, 5.41) is 8.13. The SMILES string of the molecule is CCOc1ccc(CC(=O)N2C[C@H](OC)C[C@H]2c2nncn2C)cc1. The molecule has 2 atom stereocenters. The van der Waals surface area contributed by atoms with Crippen molar-refractivity contribution in [3.05, 3.63) is 42.0 Å². The Morgan fingerprint density at radius 2 is 2.08 bits per heavy atom. The van der Waals surface area contributed by atoms with E-state index in [1.165, 1.54) is 0 Å². The highest BCUT2D eigenvalue weighted by atomic mass is 16.5. The van der Waals surface area contributed by atoms with Crippen LogP contribution in [-0.2, 0) is 23.0 Å². The molecule has 0 N–H and O–H groups in total. The van der Waals surface area contributed by atoms with Crippen molar-refractivity contribution in [2.24, 2.45) is 7.05 Å². The molecule has 1 amide bonds. The zero-order valence-electron chi connectivity index (χ0n) is 14.9. The predicted molar refractivity (Wildman–Crippen MR) is 92.2 cm³/mol. The third kappa shape index (κ3) is 3.82. The van der Waals surface area contributed by atoms with E-state index in [4.69, 9.17) is 9.47 Å². The van der Waals surface area contributed by atoms with Gasteiger partial charge < -0.3 is 18.9 Å². The van der Waals surface area contributed by atoms with Crippen LogP contribution in [0.5, 0.6) is 5.75 Å². The van der Waals surface area contributed by atoms with Crippen molar-refractivity contribution in [2.45, 2.75) is 31.9 Å². The third-order valence-corrected chi connectivity index (χ3v) is 4.55. The van der Waals surface area contributed by atoms with E-state index in [1.807, 2.05) is 47.7 Å². The number of methoxy groups -OCH3 is 1. The molecule has 1 aliphatic heterocycles. The molecule has 2 heterocycles. The average molecular weight is 344 g/mol. The van der Waals surface area contributed by atoms with Gasteiger partial charge in [-0.05, 0) is 24.6 Å². The van der Waals surface area contributed by atoms with Crippen LogP contribution in [0, 0.1) is 0 Å². The minimum Gasteiger partial charge on any atom is -0.494 e. The van der Waals surface area contributed by atoms with Gasteiger partial charge in [0.25, 0.3) is 0 Å². The molecule has 1 aliphatic rings. The van der Waals surface area contributed by atoms with E-state index in [2.05, 4.69) is 10.2 Å². The molecular formula is C18H24N4O3. The van der Waals surface area contributed by atoms with Gasteiger partial charge >= 0.3 is 0 Å². The number of ether oxygens (including phenoxy) is 2. The second-order valence-electron chi connectivity index (χ2n) is 6.21. The lowest BCUT2D eigenvalue weighted by Gasteiger charge is -2.23. The van der Waals surface area contributed by atoms with Crippen molar-refractivity contribution in [2.75, 3.05) is 20.3 Å². The van der Waals surface area contributed by atoms with Gasteiger partial charge in [-0.25, -0.2) is 0 Å². The van der Waals surface area contributed by atoms with E-state index in [-0.39, 0.29) is 18.1 Å². The maximum atomic E-state index is 12.9. The fourth-order valence-corrected chi connectivity index (χ4v) is 3.23. The minimum absolute atomic E-state index is 0.0194. The van der Waals surface area contributed by atoms with Crippen LogP contribution in [-0.4, -0.2) is 51.9 Å². The normalized spacial score (nSPS) is 20.0. The molecule has 7 heteroatoms. The summed E-state index contributed by atoms with van der Waals surface area (Å²) in [5.41, 5.74) is 0.964. The second kappa shape index (κ2) is 7.65. The average Bonchev–Trinajstić information content (AvgIpc) is 3.22. The zero-order valence-corrected chi connectivity index (χ0v) is 14.9. The molecule has 1 saturated heterocycles. The Hall–Kier alpha value is -2.41. The first-order valence-corrected chi connectivity index (χ1v) is 8.50. The highest BCUT2D eigenvalue weighted by molar-refractivity contribution is 5.79. The van der Waals surface area contributed by atoms with Gasteiger partial charge in [0.05, 0.1) is 25.2 Å². The zero-order chi connectivity index (χ0) is 17.8. The van der Waals surface area contributed by atoms with Crippen LogP contribution in [0.25, 0.3) is 0 Å². The fourth-order valence-electron chi connectivity index (χ4n) is 3.23. The molecule has 0 saturated carbocycles. The number of hydrogen-bond donors (Lipinski definition) is 0. The molecule has 0 spiro atoms. The van der Waals surface area contributed by atoms with Crippen molar-refractivity contribution in [1.82, 2.24) is 19.7 Å². The van der Waals surface area contributed by atoms with Crippen molar-refractivity contribution in [1.29, 1.82) is 0 Å². The maximum absolute atomic E-state index is 12.9. The number of aryl methyl sites for hydroxylation is 1. The summed E-state index contributed by atoms with van der Waals surface area (Å²) < 4.78 is 12.8. The third-order valence-electron chi connectivity index (χ3n) is 4.55. The fraction of sp³-hybridized carbons (Fsp3) is 0.500. The first-order chi connectivity index (χ1) is 12.1. The van der Waals surface area contributed by atoms with Gasteiger partial charge in [-0.2, -0.15) is 0 Å². The maximum Gasteiger partial charge on any atom is 0.227 e. The van der Waals surface area contributed by atoms with E-state index in [0.717, 1.165) is 23.6 Å². The molecule has 0 aliphatic carbocycles. The van der Waals surface area contributed by atoms with Crippen molar-refractivity contribution in [3.63, 3.8) is 0 Å². The Balaban J connectivity index is 1.73. The van der Waals surface area contributed by atoms with E-state index in [9.17, 15) is 4.79 Å². The van der Waals surface area contributed by atoms with Gasteiger partial charge in [0.2, 0.25) is 5.91 Å². The molecule has 1 aromatic carbocycles. The second-order valence-corrected chi connectivity index (χ2v) is 6.21. The van der Waals surface area contributed by atoms with Crippen LogP contribution in [0.4, 0.5) is 0 Å². The molecule has 2 aromatic rings. The Morgan fingerprint density at radius 1 is 1.32 bits per heavy atom.